The first-order chi connectivity index (χ1) is 13.7. The third kappa shape index (κ3) is 4.33. The third-order valence-electron chi connectivity index (χ3n) is 5.36. The van der Waals surface area contributed by atoms with E-state index in [0.717, 1.165) is 42.7 Å². The zero-order valence-electron chi connectivity index (χ0n) is 16.8. The maximum Gasteiger partial charge on any atom is 0.227 e. The molecule has 28 heavy (non-hydrogen) atoms. The molecule has 3 aromatic rings. The van der Waals surface area contributed by atoms with Gasteiger partial charge in [-0.25, -0.2) is 4.98 Å². The molecule has 1 unspecified atom stereocenters. The summed E-state index contributed by atoms with van der Waals surface area (Å²) in [6, 6.07) is 23.0. The molecule has 4 heteroatoms. The number of piperidine rings is 1. The first-order valence-electron chi connectivity index (χ1n) is 10.1. The van der Waals surface area contributed by atoms with Gasteiger partial charge in [-0.3, -0.25) is 0 Å². The van der Waals surface area contributed by atoms with Gasteiger partial charge in [0.05, 0.1) is 5.69 Å². The van der Waals surface area contributed by atoms with E-state index in [1.807, 2.05) is 12.1 Å². The molecule has 0 spiro atoms. The Labute approximate surface area is 167 Å². The van der Waals surface area contributed by atoms with Crippen molar-refractivity contribution in [2.45, 2.75) is 26.3 Å². The monoisotopic (exact) mass is 372 g/mol. The van der Waals surface area contributed by atoms with Crippen LogP contribution < -0.4 is 9.80 Å². The zero-order valence-corrected chi connectivity index (χ0v) is 16.8. The summed E-state index contributed by atoms with van der Waals surface area (Å²) in [6.45, 7) is 5.24. The Bertz CT molecular complexity index is 895. The van der Waals surface area contributed by atoms with Crippen LogP contribution in [0.2, 0.25) is 0 Å². The van der Waals surface area contributed by atoms with Crippen molar-refractivity contribution in [3.05, 3.63) is 72.3 Å². The molecule has 1 saturated heterocycles. The SMILES string of the molecule is CC1CCCN(c2cc(-c3ccccc3)nc(N(C)Cc3ccccc3)n2)C1. The summed E-state index contributed by atoms with van der Waals surface area (Å²) in [5.41, 5.74) is 3.37. The molecule has 2 aromatic carbocycles. The summed E-state index contributed by atoms with van der Waals surface area (Å²) >= 11 is 0. The van der Waals surface area contributed by atoms with E-state index < -0.39 is 0 Å². The van der Waals surface area contributed by atoms with Gasteiger partial charge in [-0.05, 0) is 24.3 Å². The summed E-state index contributed by atoms with van der Waals surface area (Å²) in [6.07, 6.45) is 2.52. The van der Waals surface area contributed by atoms with Crippen molar-refractivity contribution in [2.24, 2.45) is 5.92 Å². The van der Waals surface area contributed by atoms with Crippen molar-refractivity contribution in [3.63, 3.8) is 0 Å². The highest BCUT2D eigenvalue weighted by molar-refractivity contribution is 5.65. The number of anilines is 2. The topological polar surface area (TPSA) is 32.3 Å². The fourth-order valence-corrected chi connectivity index (χ4v) is 3.84. The molecule has 0 bridgehead atoms. The second kappa shape index (κ2) is 8.42. The molecule has 0 aliphatic carbocycles. The predicted molar refractivity (Wildman–Crippen MR) is 117 cm³/mol. The smallest absolute Gasteiger partial charge is 0.227 e. The highest BCUT2D eigenvalue weighted by Gasteiger charge is 2.20. The lowest BCUT2D eigenvalue weighted by molar-refractivity contribution is 0.444. The van der Waals surface area contributed by atoms with Crippen LogP contribution in [-0.4, -0.2) is 30.1 Å². The molecule has 0 radical (unpaired) electrons. The number of rotatable bonds is 5. The summed E-state index contributed by atoms with van der Waals surface area (Å²) in [5.74, 6) is 2.52. The van der Waals surface area contributed by atoms with Gasteiger partial charge in [0.15, 0.2) is 0 Å². The molecule has 0 saturated carbocycles. The summed E-state index contributed by atoms with van der Waals surface area (Å²) < 4.78 is 0. The van der Waals surface area contributed by atoms with Gasteiger partial charge in [0.2, 0.25) is 5.95 Å². The van der Waals surface area contributed by atoms with Gasteiger partial charge in [0, 0.05) is 38.3 Å². The van der Waals surface area contributed by atoms with Crippen LogP contribution in [-0.2, 0) is 6.54 Å². The van der Waals surface area contributed by atoms with Crippen molar-refractivity contribution in [1.82, 2.24) is 9.97 Å². The standard InChI is InChI=1S/C24H28N4/c1-19-10-9-15-28(17-19)23-16-22(21-13-7-4-8-14-21)25-24(26-23)27(2)18-20-11-5-3-6-12-20/h3-8,11-14,16,19H,9-10,15,17-18H2,1-2H3. The molecule has 1 atom stereocenters. The lowest BCUT2D eigenvalue weighted by Gasteiger charge is -2.32. The van der Waals surface area contributed by atoms with E-state index in [2.05, 4.69) is 78.4 Å². The molecular weight excluding hydrogens is 344 g/mol. The molecule has 0 N–H and O–H groups in total. The van der Waals surface area contributed by atoms with E-state index >= 15 is 0 Å². The fourth-order valence-electron chi connectivity index (χ4n) is 3.84. The van der Waals surface area contributed by atoms with E-state index in [9.17, 15) is 0 Å². The Kier molecular flexibility index (Phi) is 5.56. The van der Waals surface area contributed by atoms with Crippen molar-refractivity contribution in [2.75, 3.05) is 29.9 Å². The lowest BCUT2D eigenvalue weighted by atomic mass is 10.0. The zero-order chi connectivity index (χ0) is 19.3. The van der Waals surface area contributed by atoms with E-state index in [4.69, 9.17) is 9.97 Å². The van der Waals surface area contributed by atoms with Crippen molar-refractivity contribution >= 4 is 11.8 Å². The van der Waals surface area contributed by atoms with Crippen LogP contribution in [0.25, 0.3) is 11.3 Å². The van der Waals surface area contributed by atoms with Crippen LogP contribution in [0.1, 0.15) is 25.3 Å². The second-order valence-electron chi connectivity index (χ2n) is 7.81. The quantitative estimate of drug-likeness (QED) is 0.630. The summed E-state index contributed by atoms with van der Waals surface area (Å²) in [7, 11) is 2.07. The van der Waals surface area contributed by atoms with Gasteiger partial charge in [-0.15, -0.1) is 0 Å². The Morgan fingerprint density at radius 1 is 1.00 bits per heavy atom. The number of hydrogen-bond acceptors (Lipinski definition) is 4. The van der Waals surface area contributed by atoms with E-state index in [1.165, 1.54) is 18.4 Å². The molecule has 2 heterocycles. The predicted octanol–water partition coefficient (Wildman–Crippen LogP) is 5.02. The van der Waals surface area contributed by atoms with Gasteiger partial charge >= 0.3 is 0 Å². The molecule has 144 valence electrons. The minimum atomic E-state index is 0.703. The van der Waals surface area contributed by atoms with Gasteiger partial charge in [-0.2, -0.15) is 4.98 Å². The Hall–Kier alpha value is -2.88. The molecule has 0 amide bonds. The minimum absolute atomic E-state index is 0.703. The van der Waals surface area contributed by atoms with Crippen molar-refractivity contribution < 1.29 is 0 Å². The van der Waals surface area contributed by atoms with Crippen LogP contribution >= 0.6 is 0 Å². The molecule has 1 aromatic heterocycles. The molecule has 4 rings (SSSR count). The normalized spacial score (nSPS) is 16.8. The second-order valence-corrected chi connectivity index (χ2v) is 7.81. The number of nitrogens with zero attached hydrogens (tertiary/aromatic N) is 4. The van der Waals surface area contributed by atoms with Gasteiger partial charge in [0.1, 0.15) is 5.82 Å². The summed E-state index contributed by atoms with van der Waals surface area (Å²) in [4.78, 5) is 14.4. The van der Waals surface area contributed by atoms with E-state index in [0.29, 0.717) is 5.92 Å². The highest BCUT2D eigenvalue weighted by Crippen LogP contribution is 2.28. The molecule has 4 nitrogen and oxygen atoms in total. The average molecular weight is 373 g/mol. The number of hydrogen-bond donors (Lipinski definition) is 0. The van der Waals surface area contributed by atoms with Gasteiger partial charge in [-0.1, -0.05) is 67.6 Å². The van der Waals surface area contributed by atoms with E-state index in [-0.39, 0.29) is 0 Å². The average Bonchev–Trinajstić information content (AvgIpc) is 2.75. The summed E-state index contributed by atoms with van der Waals surface area (Å²) in [5, 5.41) is 0. The first kappa shape index (κ1) is 18.5. The first-order valence-corrected chi connectivity index (χ1v) is 10.1. The molecule has 1 aliphatic rings. The van der Waals surface area contributed by atoms with Gasteiger partial charge in [0.25, 0.3) is 0 Å². The maximum absolute atomic E-state index is 4.95. The van der Waals surface area contributed by atoms with Crippen molar-refractivity contribution in [1.29, 1.82) is 0 Å². The van der Waals surface area contributed by atoms with Crippen LogP contribution in [0.15, 0.2) is 66.7 Å². The molecule has 1 fully saturated rings. The Morgan fingerprint density at radius 2 is 1.71 bits per heavy atom. The molecular formula is C24H28N4. The fraction of sp³-hybridized carbons (Fsp3) is 0.333. The minimum Gasteiger partial charge on any atom is -0.356 e. The largest absolute Gasteiger partial charge is 0.356 e. The third-order valence-corrected chi connectivity index (χ3v) is 5.36. The Morgan fingerprint density at radius 3 is 2.43 bits per heavy atom. The number of aromatic nitrogens is 2. The van der Waals surface area contributed by atoms with E-state index in [1.54, 1.807) is 0 Å². The molecule has 1 aliphatic heterocycles. The van der Waals surface area contributed by atoms with Gasteiger partial charge < -0.3 is 9.80 Å². The van der Waals surface area contributed by atoms with Crippen LogP contribution in [0.4, 0.5) is 11.8 Å². The van der Waals surface area contributed by atoms with Crippen LogP contribution in [0.3, 0.4) is 0 Å². The highest BCUT2D eigenvalue weighted by atomic mass is 15.3. The Balaban J connectivity index is 1.69. The lowest BCUT2D eigenvalue weighted by Crippen LogP contribution is -2.35. The maximum atomic E-state index is 4.95. The van der Waals surface area contributed by atoms with Crippen LogP contribution in [0, 0.1) is 5.92 Å². The van der Waals surface area contributed by atoms with Crippen molar-refractivity contribution in [3.8, 4) is 11.3 Å². The number of benzene rings is 2. The van der Waals surface area contributed by atoms with Crippen LogP contribution in [0.5, 0.6) is 0 Å².